The second kappa shape index (κ2) is 4.77. The molecular weight excluding hydrogens is 310 g/mol. The number of rotatable bonds is 3. The van der Waals surface area contributed by atoms with Gasteiger partial charge in [-0.15, -0.1) is 0 Å². The molecule has 1 heterocycles. The molecule has 6 heteroatoms. The number of hydrogen-bond acceptors (Lipinski definition) is 4. The van der Waals surface area contributed by atoms with E-state index in [0.717, 1.165) is 34.0 Å². The molecule has 3 rings (SSSR count). The van der Waals surface area contributed by atoms with Gasteiger partial charge in [-0.3, -0.25) is 14.8 Å². The van der Waals surface area contributed by atoms with Crippen LogP contribution in [0.4, 0.5) is 5.69 Å². The van der Waals surface area contributed by atoms with Crippen molar-refractivity contribution in [1.29, 1.82) is 0 Å². The number of carboxylic acids is 1. The Bertz CT molecular complexity index is 647. The van der Waals surface area contributed by atoms with Crippen molar-refractivity contribution in [3.63, 3.8) is 0 Å². The second-order valence-electron chi connectivity index (χ2n) is 4.62. The Balaban J connectivity index is 1.89. The zero-order valence-corrected chi connectivity index (χ0v) is 11.6. The number of carbonyl (C=O) groups is 1. The lowest BCUT2D eigenvalue weighted by Crippen LogP contribution is -2.43. The fraction of sp³-hybridized carbons (Fsp3) is 0.308. The first-order valence-electron chi connectivity index (χ1n) is 6.05. The third-order valence-electron chi connectivity index (χ3n) is 3.51. The van der Waals surface area contributed by atoms with Crippen LogP contribution in [0.5, 0.6) is 0 Å². The first-order valence-corrected chi connectivity index (χ1v) is 6.84. The summed E-state index contributed by atoms with van der Waals surface area (Å²) in [5.41, 5.74) is 2.45. The van der Waals surface area contributed by atoms with Gasteiger partial charge >= 0.3 is 5.97 Å². The lowest BCUT2D eigenvalue weighted by atomic mass is 9.79. The highest BCUT2D eigenvalue weighted by atomic mass is 79.9. The summed E-state index contributed by atoms with van der Waals surface area (Å²) in [4.78, 5) is 19.5. The molecule has 0 aliphatic heterocycles. The largest absolute Gasteiger partial charge is 0.481 e. The molecule has 5 nitrogen and oxygen atoms in total. The summed E-state index contributed by atoms with van der Waals surface area (Å²) >= 11 is 3.51. The minimum atomic E-state index is -0.736. The van der Waals surface area contributed by atoms with Gasteiger partial charge < -0.3 is 10.4 Å². The zero-order valence-electron chi connectivity index (χ0n) is 10.0. The average Bonchev–Trinajstić information content (AvgIpc) is 2.36. The van der Waals surface area contributed by atoms with Gasteiger partial charge in [0.15, 0.2) is 0 Å². The van der Waals surface area contributed by atoms with Crippen molar-refractivity contribution in [1.82, 2.24) is 9.97 Å². The van der Waals surface area contributed by atoms with E-state index < -0.39 is 5.97 Å². The van der Waals surface area contributed by atoms with Gasteiger partial charge in [0.25, 0.3) is 0 Å². The normalized spacial score (nSPS) is 21.9. The van der Waals surface area contributed by atoms with Gasteiger partial charge in [-0.25, -0.2) is 0 Å². The van der Waals surface area contributed by atoms with Gasteiger partial charge in [0.05, 0.1) is 21.6 Å². The first kappa shape index (κ1) is 12.3. The molecule has 1 aromatic carbocycles. The van der Waals surface area contributed by atoms with Crippen LogP contribution in [-0.4, -0.2) is 27.1 Å². The molecule has 1 aliphatic carbocycles. The molecule has 2 atom stereocenters. The van der Waals surface area contributed by atoms with Gasteiger partial charge in [-0.05, 0) is 40.9 Å². The fourth-order valence-corrected chi connectivity index (χ4v) is 2.83. The van der Waals surface area contributed by atoms with Crippen LogP contribution < -0.4 is 5.32 Å². The van der Waals surface area contributed by atoms with Gasteiger partial charge in [-0.2, -0.15) is 0 Å². The number of fused-ring (bicyclic) bond motifs is 1. The SMILES string of the molecule is O=C(O)C1CCC1Nc1ccc2nccnc2c1Br. The molecule has 2 aromatic rings. The monoisotopic (exact) mass is 321 g/mol. The van der Waals surface area contributed by atoms with Crippen LogP contribution in [-0.2, 0) is 4.79 Å². The van der Waals surface area contributed by atoms with E-state index >= 15 is 0 Å². The Morgan fingerprint density at radius 3 is 2.79 bits per heavy atom. The van der Waals surface area contributed by atoms with Crippen molar-refractivity contribution in [2.75, 3.05) is 5.32 Å². The van der Waals surface area contributed by atoms with Gasteiger partial charge in [0, 0.05) is 18.4 Å². The second-order valence-corrected chi connectivity index (χ2v) is 5.42. The van der Waals surface area contributed by atoms with E-state index in [1.54, 1.807) is 12.4 Å². The lowest BCUT2D eigenvalue weighted by Gasteiger charge is -2.35. The number of aliphatic carboxylic acids is 1. The van der Waals surface area contributed by atoms with E-state index in [2.05, 4.69) is 31.2 Å². The summed E-state index contributed by atoms with van der Waals surface area (Å²) in [5.74, 6) is -1.04. The van der Waals surface area contributed by atoms with E-state index in [9.17, 15) is 4.79 Å². The van der Waals surface area contributed by atoms with Crippen LogP contribution >= 0.6 is 15.9 Å². The summed E-state index contributed by atoms with van der Waals surface area (Å²) in [5, 5.41) is 12.3. The third-order valence-corrected chi connectivity index (χ3v) is 4.31. The maximum absolute atomic E-state index is 11.0. The molecule has 98 valence electrons. The summed E-state index contributed by atoms with van der Waals surface area (Å²) in [6, 6.07) is 3.77. The molecule has 1 fully saturated rings. The van der Waals surface area contributed by atoms with E-state index in [1.165, 1.54) is 0 Å². The Morgan fingerprint density at radius 2 is 2.11 bits per heavy atom. The first-order chi connectivity index (χ1) is 9.16. The standard InChI is InChI=1S/C13H12BrN3O2/c14-11-9(17-8-2-1-7(8)13(18)19)3-4-10-12(11)16-6-5-15-10/h3-8,17H,1-2H2,(H,18,19). The Kier molecular flexibility index (Phi) is 3.10. The number of benzene rings is 1. The smallest absolute Gasteiger partial charge is 0.308 e. The van der Waals surface area contributed by atoms with Crippen LogP contribution in [0.25, 0.3) is 11.0 Å². The summed E-state index contributed by atoms with van der Waals surface area (Å²) in [6.45, 7) is 0. The maximum Gasteiger partial charge on any atom is 0.308 e. The summed E-state index contributed by atoms with van der Waals surface area (Å²) < 4.78 is 0.828. The number of carboxylic acid groups (broad SMARTS) is 1. The highest BCUT2D eigenvalue weighted by Gasteiger charge is 2.36. The minimum Gasteiger partial charge on any atom is -0.481 e. The number of nitrogens with one attached hydrogen (secondary N) is 1. The van der Waals surface area contributed by atoms with Crippen molar-refractivity contribution in [2.24, 2.45) is 5.92 Å². The van der Waals surface area contributed by atoms with Crippen LogP contribution in [0.2, 0.25) is 0 Å². The van der Waals surface area contributed by atoms with Crippen molar-refractivity contribution in [3.8, 4) is 0 Å². The number of anilines is 1. The predicted octanol–water partition coefficient (Wildman–Crippen LogP) is 2.67. The molecule has 1 aliphatic rings. The molecular formula is C13H12BrN3O2. The lowest BCUT2D eigenvalue weighted by molar-refractivity contribution is -0.144. The minimum absolute atomic E-state index is 0.0112. The number of aromatic nitrogens is 2. The van der Waals surface area contributed by atoms with Gasteiger partial charge in [-0.1, -0.05) is 0 Å². The number of nitrogens with zero attached hydrogens (tertiary/aromatic N) is 2. The van der Waals surface area contributed by atoms with Crippen molar-refractivity contribution in [2.45, 2.75) is 18.9 Å². The van der Waals surface area contributed by atoms with E-state index in [4.69, 9.17) is 5.11 Å². The Hall–Kier alpha value is -1.69. The van der Waals surface area contributed by atoms with E-state index in [0.29, 0.717) is 0 Å². The molecule has 1 saturated carbocycles. The van der Waals surface area contributed by atoms with Crippen LogP contribution in [0.3, 0.4) is 0 Å². The molecule has 0 spiro atoms. The number of hydrogen-bond donors (Lipinski definition) is 2. The zero-order chi connectivity index (χ0) is 13.4. The fourth-order valence-electron chi connectivity index (χ4n) is 2.28. The highest BCUT2D eigenvalue weighted by molar-refractivity contribution is 9.10. The quantitative estimate of drug-likeness (QED) is 0.909. The maximum atomic E-state index is 11.0. The molecule has 0 saturated heterocycles. The van der Waals surface area contributed by atoms with Gasteiger partial charge in [0.2, 0.25) is 0 Å². The van der Waals surface area contributed by atoms with Crippen molar-refractivity contribution < 1.29 is 9.90 Å². The van der Waals surface area contributed by atoms with Crippen LogP contribution in [0.15, 0.2) is 29.0 Å². The molecule has 1 aromatic heterocycles. The summed E-state index contributed by atoms with van der Waals surface area (Å²) in [7, 11) is 0. The molecule has 0 amide bonds. The van der Waals surface area contributed by atoms with Crippen molar-refractivity contribution >= 4 is 38.6 Å². The van der Waals surface area contributed by atoms with Crippen LogP contribution in [0, 0.1) is 5.92 Å². The number of halogens is 1. The molecule has 2 unspecified atom stereocenters. The van der Waals surface area contributed by atoms with Crippen molar-refractivity contribution in [3.05, 3.63) is 29.0 Å². The Labute approximate surface area is 118 Å². The molecule has 0 bridgehead atoms. The van der Waals surface area contributed by atoms with E-state index in [1.807, 2.05) is 12.1 Å². The average molecular weight is 322 g/mol. The van der Waals surface area contributed by atoms with Crippen LogP contribution in [0.1, 0.15) is 12.8 Å². The Morgan fingerprint density at radius 1 is 1.32 bits per heavy atom. The van der Waals surface area contributed by atoms with Gasteiger partial charge in [0.1, 0.15) is 5.52 Å². The van der Waals surface area contributed by atoms with E-state index in [-0.39, 0.29) is 12.0 Å². The highest BCUT2D eigenvalue weighted by Crippen LogP contribution is 2.35. The predicted molar refractivity (Wildman–Crippen MR) is 75.0 cm³/mol. The summed E-state index contributed by atoms with van der Waals surface area (Å²) in [6.07, 6.45) is 4.90. The molecule has 0 radical (unpaired) electrons. The molecule has 19 heavy (non-hydrogen) atoms. The topological polar surface area (TPSA) is 75.1 Å². The molecule has 2 N–H and O–H groups in total. The third kappa shape index (κ3) is 2.16.